The number of nitrogens with one attached hydrogen (secondary N) is 2. The SMILES string of the molecule is CC(=O)N(NCc1cccc(F)c1Cl)[C@H](COC(=O)Nc1cc2cc(F)ccc2cn1)CC(O)COS(=O)(=O)O. The topological polar surface area (TPSA) is 167 Å². The van der Waals surface area contributed by atoms with E-state index in [4.69, 9.17) is 20.9 Å². The Morgan fingerprint density at radius 2 is 1.90 bits per heavy atom. The van der Waals surface area contributed by atoms with Crippen LogP contribution in [0.15, 0.2) is 48.7 Å². The van der Waals surface area contributed by atoms with Gasteiger partial charge in [0, 0.05) is 31.5 Å². The van der Waals surface area contributed by atoms with Crippen LogP contribution < -0.4 is 10.7 Å². The first-order chi connectivity index (χ1) is 18.8. The molecule has 2 aromatic carbocycles. The van der Waals surface area contributed by atoms with Crippen molar-refractivity contribution in [2.75, 3.05) is 18.5 Å². The van der Waals surface area contributed by atoms with Crippen LogP contribution >= 0.6 is 11.6 Å². The van der Waals surface area contributed by atoms with Crippen molar-refractivity contribution in [3.63, 3.8) is 0 Å². The standard InChI is InChI=1S/C24H25ClF2N4O8S/c1-14(32)31(29-11-16-3-2-4-21(27)23(16)25)19(9-20(33)13-39-40(35,36)37)12-38-24(34)30-22-8-17-7-18(26)6-5-15(17)10-28-22/h2-8,10,19-20,29,33H,9,11-13H2,1H3,(H,28,30,34)(H,35,36,37)/t19-,20?/m0/s1. The second-order valence-corrected chi connectivity index (χ2v) is 9.95. The molecular formula is C24H25ClF2N4O8S. The minimum absolute atomic E-state index is 0.0449. The summed E-state index contributed by atoms with van der Waals surface area (Å²) >= 11 is 5.97. The number of ether oxygens (including phenoxy) is 1. The summed E-state index contributed by atoms with van der Waals surface area (Å²) in [6.07, 6.45) is -1.53. The van der Waals surface area contributed by atoms with Gasteiger partial charge in [-0.15, -0.1) is 0 Å². The van der Waals surface area contributed by atoms with E-state index in [9.17, 15) is 31.9 Å². The van der Waals surface area contributed by atoms with Crippen molar-refractivity contribution in [3.8, 4) is 0 Å². The summed E-state index contributed by atoms with van der Waals surface area (Å²) in [6.45, 7) is -0.374. The van der Waals surface area contributed by atoms with E-state index in [0.29, 0.717) is 16.3 Å². The Morgan fingerprint density at radius 1 is 1.15 bits per heavy atom. The number of anilines is 1. The average Bonchev–Trinajstić information content (AvgIpc) is 2.87. The molecule has 2 amide bonds. The molecule has 1 heterocycles. The van der Waals surface area contributed by atoms with Gasteiger partial charge in [0.1, 0.15) is 24.1 Å². The molecule has 0 aliphatic rings. The molecule has 2 atom stereocenters. The zero-order valence-electron chi connectivity index (χ0n) is 20.9. The van der Waals surface area contributed by atoms with Gasteiger partial charge in [-0.25, -0.2) is 28.2 Å². The number of aliphatic hydroxyl groups excluding tert-OH is 1. The number of pyridine rings is 1. The summed E-state index contributed by atoms with van der Waals surface area (Å²) in [5.74, 6) is -1.73. The van der Waals surface area contributed by atoms with E-state index >= 15 is 0 Å². The molecule has 0 bridgehead atoms. The number of hydrogen-bond acceptors (Lipinski definition) is 9. The van der Waals surface area contributed by atoms with E-state index in [2.05, 4.69) is 19.9 Å². The fraction of sp³-hybridized carbons (Fsp3) is 0.292. The van der Waals surface area contributed by atoms with Crippen molar-refractivity contribution in [2.45, 2.75) is 32.0 Å². The predicted octanol–water partition coefficient (Wildman–Crippen LogP) is 3.21. The van der Waals surface area contributed by atoms with Crippen LogP contribution in [0.25, 0.3) is 10.8 Å². The number of fused-ring (bicyclic) bond motifs is 1. The Labute approximate surface area is 232 Å². The van der Waals surface area contributed by atoms with E-state index in [-0.39, 0.29) is 23.8 Å². The monoisotopic (exact) mass is 602 g/mol. The van der Waals surface area contributed by atoms with Crippen molar-refractivity contribution < 1.29 is 45.4 Å². The number of aromatic nitrogens is 1. The van der Waals surface area contributed by atoms with Crippen molar-refractivity contribution >= 4 is 50.6 Å². The number of halogens is 3. The summed E-state index contributed by atoms with van der Waals surface area (Å²) in [5.41, 5.74) is 3.02. The van der Waals surface area contributed by atoms with Crippen molar-refractivity contribution in [1.82, 2.24) is 15.4 Å². The van der Waals surface area contributed by atoms with Crippen LogP contribution in [0.5, 0.6) is 0 Å². The number of hydrazine groups is 1. The number of aliphatic hydroxyl groups is 1. The third-order valence-electron chi connectivity index (χ3n) is 5.45. The molecule has 4 N–H and O–H groups in total. The summed E-state index contributed by atoms with van der Waals surface area (Å²) in [6, 6.07) is 8.39. The summed E-state index contributed by atoms with van der Waals surface area (Å²) in [5, 5.41) is 14.5. The zero-order valence-corrected chi connectivity index (χ0v) is 22.5. The predicted molar refractivity (Wildman–Crippen MR) is 139 cm³/mol. The van der Waals surface area contributed by atoms with E-state index in [1.165, 1.54) is 42.6 Å². The molecule has 1 unspecified atom stereocenters. The minimum Gasteiger partial charge on any atom is -0.447 e. The van der Waals surface area contributed by atoms with Gasteiger partial charge >= 0.3 is 16.5 Å². The van der Waals surface area contributed by atoms with Crippen LogP contribution in [0.3, 0.4) is 0 Å². The fourth-order valence-corrected chi connectivity index (χ4v) is 4.16. The van der Waals surface area contributed by atoms with Crippen LogP contribution in [0.1, 0.15) is 18.9 Å². The van der Waals surface area contributed by atoms with Gasteiger partial charge in [-0.05, 0) is 41.3 Å². The largest absolute Gasteiger partial charge is 0.447 e. The van der Waals surface area contributed by atoms with Gasteiger partial charge in [0.25, 0.3) is 0 Å². The molecule has 0 saturated heterocycles. The van der Waals surface area contributed by atoms with Crippen molar-refractivity contribution in [2.24, 2.45) is 0 Å². The molecule has 0 aliphatic heterocycles. The second-order valence-electron chi connectivity index (χ2n) is 8.48. The number of benzene rings is 2. The first kappa shape index (κ1) is 31.1. The molecule has 0 spiro atoms. The smallest absolute Gasteiger partial charge is 0.412 e. The van der Waals surface area contributed by atoms with Crippen molar-refractivity contribution in [1.29, 1.82) is 0 Å². The Hall–Kier alpha value is -3.47. The molecule has 16 heteroatoms. The fourth-order valence-electron chi connectivity index (χ4n) is 3.64. The quantitative estimate of drug-likeness (QED) is 0.178. The lowest BCUT2D eigenvalue weighted by Crippen LogP contribution is -2.52. The summed E-state index contributed by atoms with van der Waals surface area (Å²) < 4.78 is 67.3. The van der Waals surface area contributed by atoms with Gasteiger partial charge in [0.05, 0.1) is 23.8 Å². The maximum atomic E-state index is 13.8. The Bertz CT molecular complexity index is 1480. The molecule has 0 fully saturated rings. The molecule has 12 nitrogen and oxygen atoms in total. The Balaban J connectivity index is 1.73. The normalized spacial score (nSPS) is 13.1. The third-order valence-corrected chi connectivity index (χ3v) is 6.31. The lowest BCUT2D eigenvalue weighted by Gasteiger charge is -2.32. The Kier molecular flexibility index (Phi) is 10.7. The maximum Gasteiger partial charge on any atom is 0.412 e. The van der Waals surface area contributed by atoms with Gasteiger partial charge in [0.2, 0.25) is 5.91 Å². The maximum absolute atomic E-state index is 13.8. The number of nitrogens with zero attached hydrogens (tertiary/aromatic N) is 2. The molecule has 1 aromatic heterocycles. The van der Waals surface area contributed by atoms with Crippen LogP contribution in [-0.2, 0) is 30.7 Å². The highest BCUT2D eigenvalue weighted by atomic mass is 35.5. The summed E-state index contributed by atoms with van der Waals surface area (Å²) in [7, 11) is -4.86. The lowest BCUT2D eigenvalue weighted by molar-refractivity contribution is -0.137. The molecule has 0 saturated carbocycles. The number of amides is 2. The van der Waals surface area contributed by atoms with Crippen LogP contribution in [0, 0.1) is 11.6 Å². The molecule has 0 radical (unpaired) electrons. The van der Waals surface area contributed by atoms with E-state index in [1.54, 1.807) is 0 Å². The van der Waals surface area contributed by atoms with Crippen molar-refractivity contribution in [3.05, 3.63) is 70.9 Å². The molecular weight excluding hydrogens is 578 g/mol. The van der Waals surface area contributed by atoms with Gasteiger partial charge in [-0.1, -0.05) is 23.7 Å². The van der Waals surface area contributed by atoms with Crippen LogP contribution in [0.4, 0.5) is 19.4 Å². The van der Waals surface area contributed by atoms with Crippen LogP contribution in [0.2, 0.25) is 5.02 Å². The number of carbonyl (C=O) groups is 2. The third kappa shape index (κ3) is 9.32. The van der Waals surface area contributed by atoms with E-state index in [0.717, 1.165) is 18.0 Å². The molecule has 0 aliphatic carbocycles. The molecule has 3 aromatic rings. The van der Waals surface area contributed by atoms with E-state index in [1.807, 2.05) is 0 Å². The highest BCUT2D eigenvalue weighted by molar-refractivity contribution is 7.80. The average molecular weight is 603 g/mol. The molecule has 216 valence electrons. The highest BCUT2D eigenvalue weighted by Gasteiger charge is 2.27. The minimum atomic E-state index is -4.86. The highest BCUT2D eigenvalue weighted by Crippen LogP contribution is 2.21. The van der Waals surface area contributed by atoms with Crippen LogP contribution in [-0.4, -0.2) is 65.4 Å². The Morgan fingerprint density at radius 3 is 2.60 bits per heavy atom. The lowest BCUT2D eigenvalue weighted by atomic mass is 10.1. The number of carbonyl (C=O) groups excluding carboxylic acids is 2. The number of rotatable bonds is 12. The molecule has 40 heavy (non-hydrogen) atoms. The molecule has 3 rings (SSSR count). The zero-order chi connectivity index (χ0) is 29.4. The number of hydrogen-bond donors (Lipinski definition) is 4. The van der Waals surface area contributed by atoms with Gasteiger partial charge in [0.15, 0.2) is 0 Å². The van der Waals surface area contributed by atoms with E-state index < -0.39 is 59.4 Å². The first-order valence-electron chi connectivity index (χ1n) is 11.6. The van der Waals surface area contributed by atoms with Gasteiger partial charge in [-0.3, -0.25) is 19.7 Å². The summed E-state index contributed by atoms with van der Waals surface area (Å²) in [4.78, 5) is 29.0. The second kappa shape index (κ2) is 13.7. The first-order valence-corrected chi connectivity index (χ1v) is 13.3. The van der Waals surface area contributed by atoms with Gasteiger partial charge in [-0.2, -0.15) is 8.42 Å². The van der Waals surface area contributed by atoms with Gasteiger partial charge < -0.3 is 9.84 Å².